The van der Waals surface area contributed by atoms with Crippen molar-refractivity contribution in [2.75, 3.05) is 6.67 Å². The average molecular weight is 229 g/mol. The number of carbonyl (C=O) groups is 3. The molecule has 0 aromatic carbocycles. The highest BCUT2D eigenvalue weighted by atomic mass is 16.4. The maximum absolute atomic E-state index is 11.0. The van der Waals surface area contributed by atoms with Gasteiger partial charge < -0.3 is 15.7 Å². The van der Waals surface area contributed by atoms with Crippen LogP contribution in [0.4, 0.5) is 4.79 Å². The lowest BCUT2D eigenvalue weighted by atomic mass is 10.1. The standard InChI is InChI=1S/C8H11N3O5/c1-5(13)2-6(7(14)15)11-8(16)10-3-9-4-12/h6H,2-3H2,1H3,(H,14,15)(H2,10,11,16). The third kappa shape index (κ3) is 6.28. The van der Waals surface area contributed by atoms with Gasteiger partial charge in [-0.2, -0.15) is 4.99 Å². The lowest BCUT2D eigenvalue weighted by molar-refractivity contribution is -0.140. The molecule has 0 saturated carbocycles. The van der Waals surface area contributed by atoms with E-state index in [4.69, 9.17) is 5.11 Å². The molecule has 0 spiro atoms. The quantitative estimate of drug-likeness (QED) is 0.398. The molecule has 8 heteroatoms. The number of carbonyl (C=O) groups excluding carboxylic acids is 3. The number of carboxylic acids is 1. The fourth-order valence-electron chi connectivity index (χ4n) is 0.840. The zero-order valence-electron chi connectivity index (χ0n) is 8.52. The van der Waals surface area contributed by atoms with Gasteiger partial charge >= 0.3 is 12.0 Å². The van der Waals surface area contributed by atoms with E-state index in [1.165, 1.54) is 13.0 Å². The lowest BCUT2D eigenvalue weighted by Crippen LogP contribution is -2.46. The number of carboxylic acid groups (broad SMARTS) is 1. The van der Waals surface area contributed by atoms with E-state index in [-0.39, 0.29) is 18.9 Å². The van der Waals surface area contributed by atoms with E-state index in [0.717, 1.165) is 0 Å². The first-order valence-corrected chi connectivity index (χ1v) is 4.27. The van der Waals surface area contributed by atoms with Crippen LogP contribution in [0.15, 0.2) is 4.99 Å². The van der Waals surface area contributed by atoms with E-state index < -0.39 is 18.0 Å². The van der Waals surface area contributed by atoms with Crippen molar-refractivity contribution in [2.24, 2.45) is 4.99 Å². The summed E-state index contributed by atoms with van der Waals surface area (Å²) in [5, 5.41) is 12.8. The summed E-state index contributed by atoms with van der Waals surface area (Å²) in [5.41, 5.74) is 0. The van der Waals surface area contributed by atoms with Crippen molar-refractivity contribution < 1.29 is 24.3 Å². The normalized spacial score (nSPS) is 10.8. The van der Waals surface area contributed by atoms with Crippen LogP contribution in [0.1, 0.15) is 13.3 Å². The summed E-state index contributed by atoms with van der Waals surface area (Å²) in [7, 11) is 0. The summed E-state index contributed by atoms with van der Waals surface area (Å²) in [6, 6.07) is -2.12. The highest BCUT2D eigenvalue weighted by molar-refractivity contribution is 5.88. The van der Waals surface area contributed by atoms with Gasteiger partial charge in [-0.1, -0.05) is 0 Å². The fourth-order valence-corrected chi connectivity index (χ4v) is 0.840. The van der Waals surface area contributed by atoms with E-state index >= 15 is 0 Å². The monoisotopic (exact) mass is 229 g/mol. The SMILES string of the molecule is CC(=O)CC(NC(=O)NCN=C=O)C(=O)O. The van der Waals surface area contributed by atoms with Crippen LogP contribution in [0, 0.1) is 0 Å². The van der Waals surface area contributed by atoms with Gasteiger partial charge in [0.25, 0.3) is 0 Å². The summed E-state index contributed by atoms with van der Waals surface area (Å²) in [5.74, 6) is -1.68. The second-order valence-electron chi connectivity index (χ2n) is 2.85. The van der Waals surface area contributed by atoms with Gasteiger partial charge in [-0.15, -0.1) is 0 Å². The van der Waals surface area contributed by atoms with Crippen molar-refractivity contribution in [1.82, 2.24) is 10.6 Å². The molecular formula is C8H11N3O5. The van der Waals surface area contributed by atoms with Crippen LogP contribution in [0.25, 0.3) is 0 Å². The van der Waals surface area contributed by atoms with Gasteiger partial charge in [0.15, 0.2) is 0 Å². The van der Waals surface area contributed by atoms with Gasteiger partial charge in [-0.25, -0.2) is 14.4 Å². The third-order valence-corrected chi connectivity index (χ3v) is 1.48. The number of Topliss-reactive ketones (excluding diaryl/α,β-unsaturated/α-hetero) is 1. The summed E-state index contributed by atoms with van der Waals surface area (Å²) >= 11 is 0. The molecule has 3 N–H and O–H groups in total. The van der Waals surface area contributed by atoms with Crippen molar-refractivity contribution >= 4 is 23.9 Å². The summed E-state index contributed by atoms with van der Waals surface area (Å²) in [6.07, 6.45) is 0.888. The molecule has 0 aromatic rings. The Morgan fingerprint density at radius 1 is 1.44 bits per heavy atom. The topological polar surface area (TPSA) is 125 Å². The Balaban J connectivity index is 4.18. The van der Waals surface area contributed by atoms with Crippen molar-refractivity contribution in [2.45, 2.75) is 19.4 Å². The number of hydrogen-bond acceptors (Lipinski definition) is 5. The van der Waals surface area contributed by atoms with Crippen LogP contribution >= 0.6 is 0 Å². The predicted octanol–water partition coefficient (Wildman–Crippen LogP) is -0.989. The minimum absolute atomic E-state index is 0.304. The molecule has 8 nitrogen and oxygen atoms in total. The Labute approximate surface area is 90.7 Å². The summed E-state index contributed by atoms with van der Waals surface area (Å²) < 4.78 is 0. The number of aliphatic carboxylic acids is 1. The number of nitrogens with one attached hydrogen (secondary N) is 2. The van der Waals surface area contributed by atoms with Crippen molar-refractivity contribution in [1.29, 1.82) is 0 Å². The molecule has 0 rings (SSSR count). The molecule has 2 amide bonds. The number of nitrogens with zero attached hydrogens (tertiary/aromatic N) is 1. The number of hydrogen-bond donors (Lipinski definition) is 3. The largest absolute Gasteiger partial charge is 0.480 e. The van der Waals surface area contributed by atoms with Crippen LogP contribution in [0.3, 0.4) is 0 Å². The molecular weight excluding hydrogens is 218 g/mol. The number of amides is 2. The van der Waals surface area contributed by atoms with E-state index in [0.29, 0.717) is 0 Å². The number of isocyanates is 1. The Morgan fingerprint density at radius 3 is 2.50 bits per heavy atom. The first kappa shape index (κ1) is 13.8. The smallest absolute Gasteiger partial charge is 0.326 e. The highest BCUT2D eigenvalue weighted by Crippen LogP contribution is 1.93. The second-order valence-corrected chi connectivity index (χ2v) is 2.85. The van der Waals surface area contributed by atoms with Gasteiger partial charge in [0.2, 0.25) is 6.08 Å². The minimum atomic E-state index is -1.32. The number of rotatable bonds is 6. The van der Waals surface area contributed by atoms with Crippen LogP contribution in [0.5, 0.6) is 0 Å². The van der Waals surface area contributed by atoms with E-state index in [9.17, 15) is 19.2 Å². The Kier molecular flexibility index (Phi) is 6.15. The maximum Gasteiger partial charge on any atom is 0.326 e. The molecule has 0 aromatic heterocycles. The molecule has 88 valence electrons. The van der Waals surface area contributed by atoms with Crippen LogP contribution in [-0.2, 0) is 14.4 Å². The maximum atomic E-state index is 11.0. The van der Waals surface area contributed by atoms with Gasteiger partial charge in [0, 0.05) is 6.42 Å². The molecule has 0 aliphatic rings. The van der Waals surface area contributed by atoms with Crippen molar-refractivity contribution in [3.63, 3.8) is 0 Å². The molecule has 0 bridgehead atoms. The molecule has 0 aliphatic heterocycles. The predicted molar refractivity (Wildman–Crippen MR) is 51.4 cm³/mol. The summed E-state index contributed by atoms with van der Waals surface area (Å²) in [4.78, 5) is 45.0. The first-order chi connectivity index (χ1) is 7.47. The Bertz CT molecular complexity index is 335. The molecule has 0 radical (unpaired) electrons. The summed E-state index contributed by atoms with van der Waals surface area (Å²) in [6.45, 7) is 0.911. The first-order valence-electron chi connectivity index (χ1n) is 4.27. The lowest BCUT2D eigenvalue weighted by Gasteiger charge is -2.12. The number of urea groups is 1. The van der Waals surface area contributed by atoms with E-state index in [1.54, 1.807) is 0 Å². The minimum Gasteiger partial charge on any atom is -0.480 e. The molecule has 1 atom stereocenters. The number of ketones is 1. The molecule has 1 unspecified atom stereocenters. The van der Waals surface area contributed by atoms with Crippen LogP contribution < -0.4 is 10.6 Å². The molecule has 0 heterocycles. The third-order valence-electron chi connectivity index (χ3n) is 1.48. The molecule has 0 saturated heterocycles. The zero-order valence-corrected chi connectivity index (χ0v) is 8.52. The molecule has 0 fully saturated rings. The second kappa shape index (κ2) is 7.13. The van der Waals surface area contributed by atoms with Crippen molar-refractivity contribution in [3.05, 3.63) is 0 Å². The molecule has 0 aliphatic carbocycles. The van der Waals surface area contributed by atoms with Gasteiger partial charge in [0.05, 0.1) is 0 Å². The molecule has 16 heavy (non-hydrogen) atoms. The Morgan fingerprint density at radius 2 is 2.06 bits per heavy atom. The number of aliphatic imine (C=N–C) groups is 1. The van der Waals surface area contributed by atoms with Gasteiger partial charge in [-0.05, 0) is 6.92 Å². The van der Waals surface area contributed by atoms with E-state index in [1.807, 2.05) is 5.32 Å². The fraction of sp³-hybridized carbons (Fsp3) is 0.500. The van der Waals surface area contributed by atoms with Crippen LogP contribution in [-0.4, -0.2) is 41.7 Å². The van der Waals surface area contributed by atoms with Gasteiger partial charge in [0.1, 0.15) is 18.5 Å². The van der Waals surface area contributed by atoms with Gasteiger partial charge in [-0.3, -0.25) is 4.79 Å². The highest BCUT2D eigenvalue weighted by Gasteiger charge is 2.21. The zero-order chi connectivity index (χ0) is 12.6. The van der Waals surface area contributed by atoms with Crippen molar-refractivity contribution in [3.8, 4) is 0 Å². The van der Waals surface area contributed by atoms with E-state index in [2.05, 4.69) is 10.3 Å². The van der Waals surface area contributed by atoms with Crippen LogP contribution in [0.2, 0.25) is 0 Å². The average Bonchev–Trinajstić information content (AvgIpc) is 2.16. The Hall–Kier alpha value is -2.21.